The topological polar surface area (TPSA) is 44.1 Å². The van der Waals surface area contributed by atoms with Gasteiger partial charge in [0.1, 0.15) is 4.83 Å². The van der Waals surface area contributed by atoms with Crippen LogP contribution in [-0.4, -0.2) is 21.4 Å². The first-order valence-electron chi connectivity index (χ1n) is 7.37. The largest absolute Gasteiger partial charge is 0.369 e. The summed E-state index contributed by atoms with van der Waals surface area (Å²) in [6.45, 7) is 9.06. The number of fused-ring (bicyclic) bond motifs is 3. The van der Waals surface area contributed by atoms with Gasteiger partial charge in [-0.2, -0.15) is 0 Å². The van der Waals surface area contributed by atoms with Crippen molar-refractivity contribution >= 4 is 33.3 Å². The van der Waals surface area contributed by atoms with Crippen molar-refractivity contribution in [3.05, 3.63) is 33.4 Å². The molecule has 0 aliphatic carbocycles. The van der Waals surface area contributed by atoms with Crippen LogP contribution in [0.1, 0.15) is 30.7 Å². The van der Waals surface area contributed by atoms with Crippen LogP contribution < -0.4 is 5.56 Å². The number of allylic oxidation sites excluding steroid dienone is 1. The molecule has 2 aromatic rings. The Morgan fingerprint density at radius 2 is 2.36 bits per heavy atom. The number of thioether (sulfide) groups is 1. The lowest BCUT2D eigenvalue weighted by Crippen LogP contribution is -2.34. The van der Waals surface area contributed by atoms with E-state index in [4.69, 9.17) is 9.72 Å². The SMILES string of the molecule is C=CCn1c(SC)nc2sc3c(c2c1=O)CC(C)(CC)OC3. The molecule has 6 heteroatoms. The van der Waals surface area contributed by atoms with Crippen LogP contribution >= 0.6 is 23.1 Å². The summed E-state index contributed by atoms with van der Waals surface area (Å²) in [4.78, 5) is 19.6. The van der Waals surface area contributed by atoms with Gasteiger partial charge >= 0.3 is 0 Å². The van der Waals surface area contributed by atoms with Crippen LogP contribution in [0, 0.1) is 0 Å². The van der Waals surface area contributed by atoms with Crippen molar-refractivity contribution in [1.29, 1.82) is 0 Å². The molecule has 3 heterocycles. The molecule has 0 saturated carbocycles. The highest BCUT2D eigenvalue weighted by atomic mass is 32.2. The van der Waals surface area contributed by atoms with Gasteiger partial charge in [0.15, 0.2) is 5.16 Å². The molecule has 1 aliphatic rings. The van der Waals surface area contributed by atoms with Gasteiger partial charge in [-0.05, 0) is 25.2 Å². The fourth-order valence-corrected chi connectivity index (χ4v) is 4.52. The Morgan fingerprint density at radius 1 is 1.59 bits per heavy atom. The van der Waals surface area contributed by atoms with E-state index >= 15 is 0 Å². The molecular formula is C16H20N2O2S2. The van der Waals surface area contributed by atoms with Crippen LogP contribution in [0.5, 0.6) is 0 Å². The predicted octanol–water partition coefficient (Wildman–Crippen LogP) is 3.61. The van der Waals surface area contributed by atoms with Gasteiger partial charge in [0.05, 0.1) is 17.6 Å². The lowest BCUT2D eigenvalue weighted by atomic mass is 9.90. The lowest BCUT2D eigenvalue weighted by molar-refractivity contribution is -0.0543. The second kappa shape index (κ2) is 5.83. The van der Waals surface area contributed by atoms with Gasteiger partial charge in [-0.3, -0.25) is 9.36 Å². The number of nitrogens with zero attached hydrogens (tertiary/aromatic N) is 2. The van der Waals surface area contributed by atoms with Gasteiger partial charge in [-0.25, -0.2) is 4.98 Å². The van der Waals surface area contributed by atoms with E-state index < -0.39 is 0 Å². The Hall–Kier alpha value is -1.11. The average Bonchev–Trinajstić information content (AvgIpc) is 2.87. The monoisotopic (exact) mass is 336 g/mol. The van der Waals surface area contributed by atoms with Crippen LogP contribution in [0.25, 0.3) is 10.2 Å². The number of aromatic nitrogens is 2. The zero-order valence-electron chi connectivity index (χ0n) is 13.1. The standard InChI is InChI=1S/C16H20N2O2S2/c1-5-7-18-14(19)12-10-8-16(3,6-2)20-9-11(10)22-13(12)17-15(18)21-4/h5H,1,6-9H2,2-4H3. The second-order valence-electron chi connectivity index (χ2n) is 5.76. The quantitative estimate of drug-likeness (QED) is 0.486. The summed E-state index contributed by atoms with van der Waals surface area (Å²) in [5, 5.41) is 1.53. The summed E-state index contributed by atoms with van der Waals surface area (Å²) in [6, 6.07) is 0. The summed E-state index contributed by atoms with van der Waals surface area (Å²) < 4.78 is 7.71. The van der Waals surface area contributed by atoms with E-state index in [-0.39, 0.29) is 11.2 Å². The van der Waals surface area contributed by atoms with E-state index in [1.807, 2.05) is 6.26 Å². The van der Waals surface area contributed by atoms with E-state index in [2.05, 4.69) is 20.4 Å². The van der Waals surface area contributed by atoms with Crippen molar-refractivity contribution in [2.45, 2.75) is 50.6 Å². The lowest BCUT2D eigenvalue weighted by Gasteiger charge is -2.32. The molecular weight excluding hydrogens is 316 g/mol. The van der Waals surface area contributed by atoms with Crippen LogP contribution in [-0.2, 0) is 24.3 Å². The predicted molar refractivity (Wildman–Crippen MR) is 93.0 cm³/mol. The van der Waals surface area contributed by atoms with Crippen molar-refractivity contribution in [3.8, 4) is 0 Å². The van der Waals surface area contributed by atoms with Crippen LogP contribution in [0.3, 0.4) is 0 Å². The average molecular weight is 336 g/mol. The first kappa shape index (κ1) is 15.8. The Balaban J connectivity index is 2.26. The molecule has 2 aromatic heterocycles. The highest BCUT2D eigenvalue weighted by Crippen LogP contribution is 2.38. The minimum Gasteiger partial charge on any atom is -0.369 e. The smallest absolute Gasteiger partial charge is 0.263 e. The first-order chi connectivity index (χ1) is 10.5. The zero-order valence-corrected chi connectivity index (χ0v) is 14.8. The Morgan fingerprint density at radius 3 is 3.00 bits per heavy atom. The van der Waals surface area contributed by atoms with Crippen LogP contribution in [0.15, 0.2) is 22.6 Å². The van der Waals surface area contributed by atoms with E-state index in [1.54, 1.807) is 22.0 Å². The van der Waals surface area contributed by atoms with Crippen LogP contribution in [0.2, 0.25) is 0 Å². The molecule has 0 spiro atoms. The molecule has 3 rings (SSSR count). The van der Waals surface area contributed by atoms with Gasteiger partial charge in [0.2, 0.25) is 0 Å². The number of hydrogen-bond donors (Lipinski definition) is 0. The minimum atomic E-state index is -0.186. The van der Waals surface area contributed by atoms with Crippen molar-refractivity contribution in [1.82, 2.24) is 9.55 Å². The van der Waals surface area contributed by atoms with Crippen molar-refractivity contribution < 1.29 is 4.74 Å². The summed E-state index contributed by atoms with van der Waals surface area (Å²) in [6.07, 6.45) is 5.40. The number of thiophene rings is 1. The Bertz CT molecular complexity index is 794. The molecule has 0 N–H and O–H groups in total. The van der Waals surface area contributed by atoms with Gasteiger partial charge < -0.3 is 4.74 Å². The van der Waals surface area contributed by atoms with Crippen molar-refractivity contribution in [2.75, 3.05) is 6.26 Å². The molecule has 118 valence electrons. The fourth-order valence-electron chi connectivity index (χ4n) is 2.81. The van der Waals surface area contributed by atoms with E-state index in [0.717, 1.165) is 38.7 Å². The second-order valence-corrected chi connectivity index (χ2v) is 7.61. The third-order valence-corrected chi connectivity index (χ3v) is 6.08. The highest BCUT2D eigenvalue weighted by Gasteiger charge is 2.33. The zero-order chi connectivity index (χ0) is 15.9. The first-order valence-corrected chi connectivity index (χ1v) is 9.41. The molecule has 0 amide bonds. The van der Waals surface area contributed by atoms with E-state index in [1.165, 1.54) is 11.8 Å². The maximum absolute atomic E-state index is 13.0. The maximum Gasteiger partial charge on any atom is 0.263 e. The summed E-state index contributed by atoms with van der Waals surface area (Å²) >= 11 is 3.09. The molecule has 0 radical (unpaired) electrons. The normalized spacial score (nSPS) is 21.0. The Labute approximate surface area is 138 Å². The number of ether oxygens (including phenoxy) is 1. The van der Waals surface area contributed by atoms with Crippen LogP contribution in [0.4, 0.5) is 0 Å². The minimum absolute atomic E-state index is 0.0482. The van der Waals surface area contributed by atoms with Crippen molar-refractivity contribution in [3.63, 3.8) is 0 Å². The van der Waals surface area contributed by atoms with E-state index in [0.29, 0.717) is 13.2 Å². The summed E-state index contributed by atoms with van der Waals surface area (Å²) in [7, 11) is 0. The maximum atomic E-state index is 13.0. The summed E-state index contributed by atoms with van der Waals surface area (Å²) in [5.41, 5.74) is 1.00. The molecule has 0 aromatic carbocycles. The van der Waals surface area contributed by atoms with Gasteiger partial charge in [0.25, 0.3) is 5.56 Å². The molecule has 4 nitrogen and oxygen atoms in total. The molecule has 0 fully saturated rings. The van der Waals surface area contributed by atoms with Crippen molar-refractivity contribution in [2.24, 2.45) is 0 Å². The molecule has 0 bridgehead atoms. The molecule has 1 atom stereocenters. The third-order valence-electron chi connectivity index (χ3n) is 4.30. The summed E-state index contributed by atoms with van der Waals surface area (Å²) in [5.74, 6) is 0. The molecule has 22 heavy (non-hydrogen) atoms. The number of hydrogen-bond acceptors (Lipinski definition) is 5. The van der Waals surface area contributed by atoms with Gasteiger partial charge in [-0.15, -0.1) is 17.9 Å². The Kier molecular flexibility index (Phi) is 4.18. The highest BCUT2D eigenvalue weighted by molar-refractivity contribution is 7.98. The molecule has 1 aliphatic heterocycles. The van der Waals surface area contributed by atoms with Gasteiger partial charge in [0, 0.05) is 17.8 Å². The fraction of sp³-hybridized carbons (Fsp3) is 0.500. The molecule has 0 saturated heterocycles. The molecule has 1 unspecified atom stereocenters. The third kappa shape index (κ3) is 2.43. The number of rotatable bonds is 4. The van der Waals surface area contributed by atoms with E-state index in [9.17, 15) is 4.79 Å². The van der Waals surface area contributed by atoms with Gasteiger partial charge in [-0.1, -0.05) is 24.8 Å².